The molecule has 0 aliphatic carbocycles. The molecular formula is C12H17F3N4. The number of hydrogen-bond acceptors (Lipinski definition) is 4. The first-order valence-electron chi connectivity index (χ1n) is 6.11. The third-order valence-corrected chi connectivity index (χ3v) is 3.23. The molecule has 0 atom stereocenters. The van der Waals surface area contributed by atoms with E-state index < -0.39 is 12.7 Å². The zero-order valence-electron chi connectivity index (χ0n) is 10.7. The van der Waals surface area contributed by atoms with Crippen LogP contribution in [-0.2, 0) is 0 Å². The number of alkyl halides is 3. The predicted octanol–water partition coefficient (Wildman–Crippen LogP) is 1.66. The molecule has 0 spiro atoms. The Morgan fingerprint density at radius 3 is 2.42 bits per heavy atom. The zero-order chi connectivity index (χ0) is 14.0. The highest BCUT2D eigenvalue weighted by Gasteiger charge is 2.32. The van der Waals surface area contributed by atoms with E-state index in [9.17, 15) is 13.2 Å². The van der Waals surface area contributed by atoms with Gasteiger partial charge in [0, 0.05) is 44.1 Å². The first-order chi connectivity index (χ1) is 8.85. The van der Waals surface area contributed by atoms with Gasteiger partial charge in [-0.25, -0.2) is 4.98 Å². The molecule has 19 heavy (non-hydrogen) atoms. The Kier molecular flexibility index (Phi) is 3.84. The van der Waals surface area contributed by atoms with Crippen LogP contribution in [0.4, 0.5) is 24.7 Å². The lowest BCUT2D eigenvalue weighted by Crippen LogP contribution is -2.49. The molecule has 1 fully saturated rings. The van der Waals surface area contributed by atoms with Crippen LogP contribution in [0.2, 0.25) is 0 Å². The van der Waals surface area contributed by atoms with E-state index in [0.29, 0.717) is 31.9 Å². The molecule has 4 nitrogen and oxygen atoms in total. The molecule has 7 heteroatoms. The largest absolute Gasteiger partial charge is 0.401 e. The average Bonchev–Trinajstić information content (AvgIpc) is 2.32. The minimum Gasteiger partial charge on any atom is -0.398 e. The fourth-order valence-electron chi connectivity index (χ4n) is 2.09. The van der Waals surface area contributed by atoms with E-state index in [1.165, 1.54) is 4.90 Å². The van der Waals surface area contributed by atoms with Crippen molar-refractivity contribution in [2.45, 2.75) is 13.1 Å². The van der Waals surface area contributed by atoms with Crippen LogP contribution in [0, 0.1) is 6.92 Å². The third kappa shape index (κ3) is 3.73. The second-order valence-corrected chi connectivity index (χ2v) is 4.78. The molecule has 106 valence electrons. The number of pyridine rings is 1. The van der Waals surface area contributed by atoms with Crippen molar-refractivity contribution >= 4 is 11.5 Å². The summed E-state index contributed by atoms with van der Waals surface area (Å²) in [6.07, 6.45) is -2.44. The second kappa shape index (κ2) is 5.24. The van der Waals surface area contributed by atoms with Gasteiger partial charge in [0.05, 0.1) is 6.54 Å². The second-order valence-electron chi connectivity index (χ2n) is 4.78. The molecule has 1 aliphatic rings. The van der Waals surface area contributed by atoms with Crippen LogP contribution in [0.15, 0.2) is 12.3 Å². The number of aromatic nitrogens is 1. The number of halogens is 3. The maximum absolute atomic E-state index is 12.3. The summed E-state index contributed by atoms with van der Waals surface area (Å²) < 4.78 is 36.8. The van der Waals surface area contributed by atoms with E-state index >= 15 is 0 Å². The van der Waals surface area contributed by atoms with Crippen LogP contribution in [-0.4, -0.2) is 48.8 Å². The SMILES string of the molecule is Cc1cnc(N2CCN(CC(F)(F)F)CC2)cc1N. The molecule has 0 radical (unpaired) electrons. The van der Waals surface area contributed by atoms with Gasteiger partial charge in [0.25, 0.3) is 0 Å². The fourth-order valence-corrected chi connectivity index (χ4v) is 2.09. The van der Waals surface area contributed by atoms with Gasteiger partial charge in [0.2, 0.25) is 0 Å². The van der Waals surface area contributed by atoms with Gasteiger partial charge in [-0.15, -0.1) is 0 Å². The molecule has 1 aliphatic heterocycles. The number of anilines is 2. The summed E-state index contributed by atoms with van der Waals surface area (Å²) >= 11 is 0. The van der Waals surface area contributed by atoms with Crippen LogP contribution in [0.5, 0.6) is 0 Å². The van der Waals surface area contributed by atoms with Crippen LogP contribution in [0.3, 0.4) is 0 Å². The quantitative estimate of drug-likeness (QED) is 0.891. The van der Waals surface area contributed by atoms with E-state index in [0.717, 1.165) is 11.4 Å². The standard InChI is InChI=1S/C12H17F3N4/c1-9-7-17-11(6-10(9)16)19-4-2-18(3-5-19)8-12(13,14)15/h6-7H,2-5,8H2,1H3,(H2,16,17). The lowest BCUT2D eigenvalue weighted by atomic mass is 10.2. The molecule has 1 aromatic heterocycles. The summed E-state index contributed by atoms with van der Waals surface area (Å²) in [5.74, 6) is 0.731. The summed E-state index contributed by atoms with van der Waals surface area (Å²) in [5.41, 5.74) is 7.37. The van der Waals surface area contributed by atoms with Crippen molar-refractivity contribution in [3.05, 3.63) is 17.8 Å². The monoisotopic (exact) mass is 274 g/mol. The van der Waals surface area contributed by atoms with Crippen LogP contribution in [0.25, 0.3) is 0 Å². The maximum Gasteiger partial charge on any atom is 0.401 e. The summed E-state index contributed by atoms with van der Waals surface area (Å²) in [5, 5.41) is 0. The van der Waals surface area contributed by atoms with Gasteiger partial charge in [0.15, 0.2) is 0 Å². The molecule has 0 saturated carbocycles. The third-order valence-electron chi connectivity index (χ3n) is 3.23. The van der Waals surface area contributed by atoms with E-state index in [4.69, 9.17) is 5.73 Å². The molecule has 1 aromatic rings. The Morgan fingerprint density at radius 2 is 1.89 bits per heavy atom. The summed E-state index contributed by atoms with van der Waals surface area (Å²) in [7, 11) is 0. The highest BCUT2D eigenvalue weighted by molar-refractivity contribution is 5.54. The number of nitrogens with two attached hydrogens (primary N) is 1. The Bertz CT molecular complexity index is 439. The Hall–Kier alpha value is -1.50. The van der Waals surface area contributed by atoms with Crippen molar-refractivity contribution in [3.63, 3.8) is 0 Å². The fraction of sp³-hybridized carbons (Fsp3) is 0.583. The molecule has 2 rings (SSSR count). The van der Waals surface area contributed by atoms with E-state index in [1.54, 1.807) is 12.3 Å². The smallest absolute Gasteiger partial charge is 0.398 e. The van der Waals surface area contributed by atoms with Gasteiger partial charge in [-0.05, 0) is 12.5 Å². The van der Waals surface area contributed by atoms with Gasteiger partial charge < -0.3 is 10.6 Å². The molecule has 0 amide bonds. The van der Waals surface area contributed by atoms with Crippen molar-refractivity contribution in [2.24, 2.45) is 0 Å². The normalized spacial score (nSPS) is 17.8. The minimum absolute atomic E-state index is 0.384. The Labute approximate surface area is 110 Å². The molecule has 1 saturated heterocycles. The van der Waals surface area contributed by atoms with Crippen LogP contribution in [0.1, 0.15) is 5.56 Å². The van der Waals surface area contributed by atoms with E-state index in [2.05, 4.69) is 4.98 Å². The molecule has 2 N–H and O–H groups in total. The number of rotatable bonds is 2. The molecule has 0 bridgehead atoms. The van der Waals surface area contributed by atoms with Crippen LogP contribution < -0.4 is 10.6 Å². The number of piperazine rings is 1. The van der Waals surface area contributed by atoms with Crippen molar-refractivity contribution in [3.8, 4) is 0 Å². The number of aryl methyl sites for hydroxylation is 1. The van der Waals surface area contributed by atoms with Gasteiger partial charge in [-0.2, -0.15) is 13.2 Å². The molecule has 0 unspecified atom stereocenters. The summed E-state index contributed by atoms with van der Waals surface area (Å²) in [6, 6.07) is 1.77. The summed E-state index contributed by atoms with van der Waals surface area (Å²) in [4.78, 5) is 7.64. The molecule has 2 heterocycles. The van der Waals surface area contributed by atoms with Gasteiger partial charge in [-0.3, -0.25) is 4.90 Å². The maximum atomic E-state index is 12.3. The van der Waals surface area contributed by atoms with Crippen molar-refractivity contribution in [1.29, 1.82) is 0 Å². The first-order valence-corrected chi connectivity index (χ1v) is 6.11. The topological polar surface area (TPSA) is 45.4 Å². The van der Waals surface area contributed by atoms with Gasteiger partial charge in [-0.1, -0.05) is 0 Å². The van der Waals surface area contributed by atoms with E-state index in [-0.39, 0.29) is 0 Å². The lowest BCUT2D eigenvalue weighted by molar-refractivity contribution is -0.146. The van der Waals surface area contributed by atoms with Crippen molar-refractivity contribution in [2.75, 3.05) is 43.4 Å². The number of hydrogen-bond donors (Lipinski definition) is 1. The zero-order valence-corrected chi connectivity index (χ0v) is 10.7. The summed E-state index contributed by atoms with van der Waals surface area (Å²) in [6.45, 7) is 2.86. The minimum atomic E-state index is -4.13. The van der Waals surface area contributed by atoms with Crippen molar-refractivity contribution < 1.29 is 13.2 Å². The lowest BCUT2D eigenvalue weighted by Gasteiger charge is -2.35. The molecular weight excluding hydrogens is 257 g/mol. The average molecular weight is 274 g/mol. The number of nitrogens with zero attached hydrogens (tertiary/aromatic N) is 3. The van der Waals surface area contributed by atoms with Gasteiger partial charge in [0.1, 0.15) is 5.82 Å². The number of nitrogen functional groups attached to an aromatic ring is 1. The Morgan fingerprint density at radius 1 is 1.26 bits per heavy atom. The van der Waals surface area contributed by atoms with E-state index in [1.807, 2.05) is 11.8 Å². The first kappa shape index (κ1) is 13.9. The predicted molar refractivity (Wildman–Crippen MR) is 68.1 cm³/mol. The van der Waals surface area contributed by atoms with Crippen molar-refractivity contribution in [1.82, 2.24) is 9.88 Å². The van der Waals surface area contributed by atoms with Crippen LogP contribution >= 0.6 is 0 Å². The Balaban J connectivity index is 1.94. The highest BCUT2D eigenvalue weighted by atomic mass is 19.4. The van der Waals surface area contributed by atoms with Gasteiger partial charge >= 0.3 is 6.18 Å². The highest BCUT2D eigenvalue weighted by Crippen LogP contribution is 2.21. The molecule has 0 aromatic carbocycles.